The molecular weight excluding hydrogens is 497 g/mol. The van der Waals surface area contributed by atoms with Crippen LogP contribution in [-0.2, 0) is 4.79 Å². The highest BCUT2D eigenvalue weighted by atomic mass is 127. The molecule has 1 amide bonds. The second-order valence-corrected chi connectivity index (χ2v) is 8.11. The minimum atomic E-state index is 0. The standard InChI is InChI=1S/C21H29N5OS.HI/c1-4-22-21(24-14-18(26(2)3)19-10-7-11-28-19)23-13-15-12-20(27)25-17-9-6-5-8-16(15)17;/h5-11,15,18H,4,12-14H2,1-3H3,(H,25,27)(H2,22,23,24);1H. The van der Waals surface area contributed by atoms with Crippen LogP contribution < -0.4 is 16.0 Å². The Labute approximate surface area is 194 Å². The second kappa shape index (κ2) is 11.5. The number of aliphatic imine (C=N–C) groups is 1. The molecule has 1 aromatic carbocycles. The summed E-state index contributed by atoms with van der Waals surface area (Å²) in [4.78, 5) is 20.4. The molecule has 3 N–H and O–H groups in total. The molecule has 0 spiro atoms. The van der Waals surface area contributed by atoms with E-state index in [0.717, 1.165) is 18.2 Å². The topological polar surface area (TPSA) is 68.8 Å². The van der Waals surface area contributed by atoms with Gasteiger partial charge in [-0.05, 0) is 44.1 Å². The lowest BCUT2D eigenvalue weighted by atomic mass is 9.90. The summed E-state index contributed by atoms with van der Waals surface area (Å²) in [5.41, 5.74) is 2.09. The maximum absolute atomic E-state index is 12.0. The van der Waals surface area contributed by atoms with Crippen LogP contribution in [0.2, 0.25) is 0 Å². The largest absolute Gasteiger partial charge is 0.357 e. The highest BCUT2D eigenvalue weighted by Crippen LogP contribution is 2.31. The molecule has 0 saturated carbocycles. The first-order valence-corrected chi connectivity index (χ1v) is 10.6. The van der Waals surface area contributed by atoms with E-state index in [2.05, 4.69) is 65.4 Å². The number of nitrogens with zero attached hydrogens (tertiary/aromatic N) is 2. The van der Waals surface area contributed by atoms with E-state index in [1.807, 2.05) is 18.2 Å². The van der Waals surface area contributed by atoms with Crippen molar-refractivity contribution in [2.45, 2.75) is 25.3 Å². The number of amides is 1. The van der Waals surface area contributed by atoms with E-state index >= 15 is 0 Å². The van der Waals surface area contributed by atoms with E-state index in [-0.39, 0.29) is 41.8 Å². The first-order valence-electron chi connectivity index (χ1n) is 9.69. The summed E-state index contributed by atoms with van der Waals surface area (Å²) >= 11 is 1.76. The lowest BCUT2D eigenvalue weighted by molar-refractivity contribution is -0.116. The van der Waals surface area contributed by atoms with Gasteiger partial charge < -0.3 is 20.9 Å². The maximum Gasteiger partial charge on any atom is 0.225 e. The van der Waals surface area contributed by atoms with Gasteiger partial charge in [-0.25, -0.2) is 0 Å². The minimum absolute atomic E-state index is 0. The van der Waals surface area contributed by atoms with Crippen LogP contribution in [0.25, 0.3) is 0 Å². The molecule has 1 aliphatic rings. The average molecular weight is 527 g/mol. The molecular formula is C21H30IN5OS. The first-order chi connectivity index (χ1) is 13.6. The summed E-state index contributed by atoms with van der Waals surface area (Å²) in [6.07, 6.45) is 0.485. The number of hydrogen-bond acceptors (Lipinski definition) is 4. The van der Waals surface area contributed by atoms with Crippen molar-refractivity contribution in [1.82, 2.24) is 15.5 Å². The van der Waals surface area contributed by atoms with Crippen LogP contribution in [0.5, 0.6) is 0 Å². The van der Waals surface area contributed by atoms with Crippen LogP contribution in [0, 0.1) is 0 Å². The van der Waals surface area contributed by atoms with Gasteiger partial charge in [-0.1, -0.05) is 24.3 Å². The predicted molar refractivity (Wildman–Crippen MR) is 133 cm³/mol. The molecule has 0 radical (unpaired) electrons. The zero-order valence-electron chi connectivity index (χ0n) is 17.1. The van der Waals surface area contributed by atoms with Crippen molar-refractivity contribution in [2.75, 3.05) is 39.0 Å². The van der Waals surface area contributed by atoms with Gasteiger partial charge in [0.2, 0.25) is 5.91 Å². The number of hydrogen-bond donors (Lipinski definition) is 3. The Bertz CT molecular complexity index is 809. The first kappa shape index (κ1) is 23.6. The Morgan fingerprint density at radius 1 is 1.28 bits per heavy atom. The second-order valence-electron chi connectivity index (χ2n) is 7.13. The molecule has 8 heteroatoms. The summed E-state index contributed by atoms with van der Waals surface area (Å²) < 4.78 is 0. The van der Waals surface area contributed by atoms with Gasteiger partial charge in [-0.2, -0.15) is 0 Å². The summed E-state index contributed by atoms with van der Waals surface area (Å²) in [5.74, 6) is 0.989. The van der Waals surface area contributed by atoms with Crippen LogP contribution in [0.1, 0.15) is 35.7 Å². The van der Waals surface area contributed by atoms with E-state index in [1.54, 1.807) is 11.3 Å². The number of carbonyl (C=O) groups is 1. The average Bonchev–Trinajstić information content (AvgIpc) is 3.20. The molecule has 158 valence electrons. The third-order valence-electron chi connectivity index (χ3n) is 4.88. The van der Waals surface area contributed by atoms with Crippen LogP contribution in [0.15, 0.2) is 46.8 Å². The Hall–Kier alpha value is -1.65. The quantitative estimate of drug-likeness (QED) is 0.292. The Kier molecular flexibility index (Phi) is 9.38. The molecule has 2 unspecified atom stereocenters. The molecule has 0 aliphatic carbocycles. The number of halogens is 1. The van der Waals surface area contributed by atoms with Gasteiger partial charge in [0.1, 0.15) is 0 Å². The minimum Gasteiger partial charge on any atom is -0.357 e. The number of carbonyl (C=O) groups excluding carboxylic acids is 1. The van der Waals surface area contributed by atoms with Crippen LogP contribution in [0.4, 0.5) is 5.69 Å². The van der Waals surface area contributed by atoms with Crippen molar-refractivity contribution in [3.05, 3.63) is 52.2 Å². The number of nitrogens with one attached hydrogen (secondary N) is 3. The molecule has 2 atom stereocenters. The fraction of sp³-hybridized carbons (Fsp3) is 0.429. The van der Waals surface area contributed by atoms with Crippen molar-refractivity contribution in [3.63, 3.8) is 0 Å². The molecule has 6 nitrogen and oxygen atoms in total. The number of para-hydroxylation sites is 1. The van der Waals surface area contributed by atoms with E-state index in [1.165, 1.54) is 10.4 Å². The maximum atomic E-state index is 12.0. The van der Waals surface area contributed by atoms with Crippen LogP contribution in [-0.4, -0.2) is 50.5 Å². The monoisotopic (exact) mass is 527 g/mol. The number of benzene rings is 1. The van der Waals surface area contributed by atoms with Crippen LogP contribution in [0.3, 0.4) is 0 Å². The molecule has 0 bridgehead atoms. The van der Waals surface area contributed by atoms with Gasteiger partial charge in [0, 0.05) is 36.0 Å². The Balaban J connectivity index is 0.00000300. The van der Waals surface area contributed by atoms with Crippen molar-refractivity contribution >= 4 is 52.9 Å². The number of guanidine groups is 1. The lowest BCUT2D eigenvalue weighted by Gasteiger charge is -2.26. The summed E-state index contributed by atoms with van der Waals surface area (Å²) in [6.45, 7) is 4.19. The summed E-state index contributed by atoms with van der Waals surface area (Å²) in [7, 11) is 4.16. The molecule has 0 saturated heterocycles. The van der Waals surface area contributed by atoms with Gasteiger partial charge in [0.05, 0.1) is 12.6 Å². The van der Waals surface area contributed by atoms with Gasteiger partial charge in [-0.3, -0.25) is 9.79 Å². The predicted octanol–water partition coefficient (Wildman–Crippen LogP) is 3.65. The smallest absolute Gasteiger partial charge is 0.225 e. The van der Waals surface area contributed by atoms with Gasteiger partial charge >= 0.3 is 0 Å². The molecule has 1 aliphatic heterocycles. The third-order valence-corrected chi connectivity index (χ3v) is 5.86. The van der Waals surface area contributed by atoms with Gasteiger partial charge in [-0.15, -0.1) is 35.3 Å². The zero-order chi connectivity index (χ0) is 19.9. The number of fused-ring (bicyclic) bond motifs is 1. The van der Waals surface area contributed by atoms with E-state index in [4.69, 9.17) is 4.99 Å². The SMILES string of the molecule is CCNC(=NCC(c1cccs1)N(C)C)NCC1CC(=O)Nc2ccccc21.I. The lowest BCUT2D eigenvalue weighted by Crippen LogP contribution is -2.41. The van der Waals surface area contributed by atoms with Crippen molar-refractivity contribution in [1.29, 1.82) is 0 Å². The number of rotatable bonds is 7. The summed E-state index contributed by atoms with van der Waals surface area (Å²) in [6, 6.07) is 12.5. The summed E-state index contributed by atoms with van der Waals surface area (Å²) in [5, 5.41) is 11.8. The molecule has 29 heavy (non-hydrogen) atoms. The van der Waals surface area contributed by atoms with Gasteiger partial charge in [0.25, 0.3) is 0 Å². The normalized spacial score (nSPS) is 17.2. The Morgan fingerprint density at radius 3 is 2.76 bits per heavy atom. The van der Waals surface area contributed by atoms with Crippen LogP contribution >= 0.6 is 35.3 Å². The highest BCUT2D eigenvalue weighted by molar-refractivity contribution is 14.0. The molecule has 0 fully saturated rings. The van der Waals surface area contributed by atoms with Crippen molar-refractivity contribution in [2.24, 2.45) is 4.99 Å². The number of thiophene rings is 1. The van der Waals surface area contributed by atoms with E-state index in [0.29, 0.717) is 19.5 Å². The molecule has 2 heterocycles. The number of likely N-dealkylation sites (N-methyl/N-ethyl adjacent to an activating group) is 1. The number of anilines is 1. The third kappa shape index (κ3) is 6.42. The van der Waals surface area contributed by atoms with Crippen molar-refractivity contribution < 1.29 is 4.79 Å². The fourth-order valence-corrected chi connectivity index (χ4v) is 4.33. The molecule has 2 aromatic rings. The van der Waals surface area contributed by atoms with Crippen molar-refractivity contribution in [3.8, 4) is 0 Å². The van der Waals surface area contributed by atoms with Gasteiger partial charge in [0.15, 0.2) is 5.96 Å². The fourth-order valence-electron chi connectivity index (χ4n) is 3.41. The van der Waals surface area contributed by atoms with E-state index in [9.17, 15) is 4.79 Å². The Morgan fingerprint density at radius 2 is 2.07 bits per heavy atom. The highest BCUT2D eigenvalue weighted by Gasteiger charge is 2.24. The molecule has 1 aromatic heterocycles. The molecule has 3 rings (SSSR count). The van der Waals surface area contributed by atoms with E-state index < -0.39 is 0 Å². The zero-order valence-corrected chi connectivity index (χ0v) is 20.3.